The van der Waals surface area contributed by atoms with Crippen LogP contribution in [0.25, 0.3) is 11.5 Å². The minimum Gasteiger partial charge on any atom is -0.441 e. The minimum atomic E-state index is -0.141. The van der Waals surface area contributed by atoms with E-state index in [9.17, 15) is 4.79 Å². The second-order valence-corrected chi connectivity index (χ2v) is 9.48. The van der Waals surface area contributed by atoms with Gasteiger partial charge in [-0.2, -0.15) is 0 Å². The Hall–Kier alpha value is -3.31. The van der Waals surface area contributed by atoms with Crippen LogP contribution < -0.4 is 5.32 Å². The fourth-order valence-corrected chi connectivity index (χ4v) is 4.29. The molecular weight excluding hydrogens is 428 g/mol. The first-order valence-corrected chi connectivity index (χ1v) is 12.0. The lowest BCUT2D eigenvalue weighted by Crippen LogP contribution is -2.11. The molecule has 0 aliphatic rings. The number of hydrogen-bond donors (Lipinski definition) is 1. The lowest BCUT2D eigenvalue weighted by Gasteiger charge is -2.08. The van der Waals surface area contributed by atoms with Gasteiger partial charge in [-0.05, 0) is 73.9 Å². The van der Waals surface area contributed by atoms with Gasteiger partial charge in [0, 0.05) is 27.5 Å². The summed E-state index contributed by atoms with van der Waals surface area (Å²) in [6.07, 6.45) is 0. The minimum absolute atomic E-state index is 0.141. The number of amides is 1. The van der Waals surface area contributed by atoms with Gasteiger partial charge in [0.1, 0.15) is 5.76 Å². The Morgan fingerprint density at radius 2 is 1.61 bits per heavy atom. The molecule has 0 atom stereocenters. The summed E-state index contributed by atoms with van der Waals surface area (Å²) >= 11 is 1.74. The standard InChI is InChI=1S/C28H28N2O2S/c1-18(2)21-11-13-24(14-12-21)29-27(31)22-7-9-23(10-8-22)28-30-26(20(4)32-28)17-33-25-15-5-19(3)6-16-25/h5-16,18H,17H2,1-4H3,(H,29,31). The van der Waals surface area contributed by atoms with Crippen molar-refractivity contribution in [2.75, 3.05) is 5.32 Å². The van der Waals surface area contributed by atoms with Gasteiger partial charge in [-0.3, -0.25) is 4.79 Å². The summed E-state index contributed by atoms with van der Waals surface area (Å²) < 4.78 is 5.91. The Balaban J connectivity index is 1.40. The molecule has 0 spiro atoms. The number of benzene rings is 3. The summed E-state index contributed by atoms with van der Waals surface area (Å²) in [6.45, 7) is 8.32. The molecule has 4 rings (SSSR count). The molecule has 0 bridgehead atoms. The smallest absolute Gasteiger partial charge is 0.255 e. The monoisotopic (exact) mass is 456 g/mol. The van der Waals surface area contributed by atoms with Crippen molar-refractivity contribution in [1.29, 1.82) is 0 Å². The summed E-state index contributed by atoms with van der Waals surface area (Å²) in [7, 11) is 0. The van der Waals surface area contributed by atoms with Crippen molar-refractivity contribution in [3.8, 4) is 11.5 Å². The van der Waals surface area contributed by atoms with Crippen molar-refractivity contribution in [2.45, 2.75) is 44.3 Å². The summed E-state index contributed by atoms with van der Waals surface area (Å²) in [4.78, 5) is 18.5. The van der Waals surface area contributed by atoms with Crippen molar-refractivity contribution in [3.63, 3.8) is 0 Å². The zero-order valence-electron chi connectivity index (χ0n) is 19.4. The molecule has 168 valence electrons. The lowest BCUT2D eigenvalue weighted by molar-refractivity contribution is 0.102. The van der Waals surface area contributed by atoms with Crippen molar-refractivity contribution in [3.05, 3.63) is 101 Å². The van der Waals surface area contributed by atoms with Crippen LogP contribution in [0.5, 0.6) is 0 Å². The predicted octanol–water partition coefficient (Wildman–Crippen LogP) is 7.63. The Kier molecular flexibility index (Phi) is 6.99. The number of aromatic nitrogens is 1. The molecule has 0 aliphatic heterocycles. The number of rotatable bonds is 7. The van der Waals surface area contributed by atoms with E-state index in [-0.39, 0.29) is 5.91 Å². The van der Waals surface area contributed by atoms with E-state index in [0.717, 1.165) is 28.5 Å². The van der Waals surface area contributed by atoms with Crippen LogP contribution in [0.1, 0.15) is 52.7 Å². The van der Waals surface area contributed by atoms with E-state index in [4.69, 9.17) is 4.42 Å². The van der Waals surface area contributed by atoms with Crippen LogP contribution in [-0.4, -0.2) is 10.9 Å². The molecule has 4 aromatic rings. The number of carbonyl (C=O) groups is 1. The molecule has 3 aromatic carbocycles. The molecule has 5 heteroatoms. The van der Waals surface area contributed by atoms with Gasteiger partial charge in [-0.25, -0.2) is 4.98 Å². The highest BCUT2D eigenvalue weighted by molar-refractivity contribution is 7.98. The fraction of sp³-hybridized carbons (Fsp3) is 0.214. The molecule has 0 unspecified atom stereocenters. The van der Waals surface area contributed by atoms with Gasteiger partial charge in [-0.1, -0.05) is 43.7 Å². The molecule has 0 fully saturated rings. The number of nitrogens with one attached hydrogen (secondary N) is 1. The Labute approximate surface area is 199 Å². The van der Waals surface area contributed by atoms with Crippen molar-refractivity contribution in [2.24, 2.45) is 0 Å². The van der Waals surface area contributed by atoms with Crippen LogP contribution in [0.3, 0.4) is 0 Å². The Bertz CT molecular complexity index is 1220. The Morgan fingerprint density at radius 3 is 2.24 bits per heavy atom. The fourth-order valence-electron chi connectivity index (χ4n) is 3.39. The molecule has 0 radical (unpaired) electrons. The number of oxazole rings is 1. The number of nitrogens with zero attached hydrogens (tertiary/aromatic N) is 1. The number of hydrogen-bond acceptors (Lipinski definition) is 4. The van der Waals surface area contributed by atoms with Gasteiger partial charge < -0.3 is 9.73 Å². The largest absolute Gasteiger partial charge is 0.441 e. The van der Waals surface area contributed by atoms with E-state index >= 15 is 0 Å². The second kappa shape index (κ2) is 10.1. The van der Waals surface area contributed by atoms with E-state index in [1.165, 1.54) is 16.0 Å². The molecule has 0 saturated carbocycles. The summed E-state index contributed by atoms with van der Waals surface area (Å²) in [6, 6.07) is 23.8. The van der Waals surface area contributed by atoms with Crippen LogP contribution in [0.15, 0.2) is 82.1 Å². The first kappa shape index (κ1) is 22.9. The molecule has 1 aromatic heterocycles. The third-order valence-corrected chi connectivity index (χ3v) is 6.54. The summed E-state index contributed by atoms with van der Waals surface area (Å²) in [5, 5.41) is 2.95. The second-order valence-electron chi connectivity index (χ2n) is 8.43. The molecule has 0 saturated heterocycles. The van der Waals surface area contributed by atoms with E-state index < -0.39 is 0 Å². The average Bonchev–Trinajstić information content (AvgIpc) is 3.19. The molecule has 4 nitrogen and oxygen atoms in total. The quantitative estimate of drug-likeness (QED) is 0.291. The number of thioether (sulfide) groups is 1. The highest BCUT2D eigenvalue weighted by Gasteiger charge is 2.13. The van der Waals surface area contributed by atoms with Gasteiger partial charge in [0.25, 0.3) is 5.91 Å². The molecule has 1 amide bonds. The van der Waals surface area contributed by atoms with Gasteiger partial charge in [-0.15, -0.1) is 11.8 Å². The molecule has 33 heavy (non-hydrogen) atoms. The highest BCUT2D eigenvalue weighted by atomic mass is 32.2. The van der Waals surface area contributed by atoms with Gasteiger partial charge in [0.2, 0.25) is 5.89 Å². The summed E-state index contributed by atoms with van der Waals surface area (Å²) in [5.74, 6) is 2.45. The van der Waals surface area contributed by atoms with E-state index in [2.05, 4.69) is 55.3 Å². The molecule has 0 aliphatic carbocycles. The first-order chi connectivity index (χ1) is 15.9. The third-order valence-electron chi connectivity index (χ3n) is 5.52. The van der Waals surface area contributed by atoms with Crippen LogP contribution in [0, 0.1) is 13.8 Å². The molecule has 1 heterocycles. The molecular formula is C28H28N2O2S. The van der Waals surface area contributed by atoms with E-state index in [1.54, 1.807) is 23.9 Å². The maximum Gasteiger partial charge on any atom is 0.255 e. The SMILES string of the molecule is Cc1ccc(SCc2nc(-c3ccc(C(=O)Nc4ccc(C(C)C)cc4)cc3)oc2C)cc1. The van der Waals surface area contributed by atoms with E-state index in [0.29, 0.717) is 17.4 Å². The van der Waals surface area contributed by atoms with Gasteiger partial charge in [0.05, 0.1) is 5.69 Å². The maximum atomic E-state index is 12.6. The van der Waals surface area contributed by atoms with Gasteiger partial charge in [0.15, 0.2) is 0 Å². The average molecular weight is 457 g/mol. The van der Waals surface area contributed by atoms with Gasteiger partial charge >= 0.3 is 0 Å². The summed E-state index contributed by atoms with van der Waals surface area (Å²) in [5.41, 5.74) is 5.65. The van der Waals surface area contributed by atoms with Crippen molar-refractivity contribution in [1.82, 2.24) is 4.98 Å². The Morgan fingerprint density at radius 1 is 0.939 bits per heavy atom. The third kappa shape index (κ3) is 5.74. The first-order valence-electron chi connectivity index (χ1n) is 11.1. The van der Waals surface area contributed by atoms with Crippen molar-refractivity contribution < 1.29 is 9.21 Å². The normalized spacial score (nSPS) is 11.1. The number of aryl methyl sites for hydroxylation is 2. The molecule has 1 N–H and O–H groups in total. The predicted molar refractivity (Wildman–Crippen MR) is 136 cm³/mol. The maximum absolute atomic E-state index is 12.6. The number of carbonyl (C=O) groups excluding carboxylic acids is 1. The lowest BCUT2D eigenvalue weighted by atomic mass is 10.0. The topological polar surface area (TPSA) is 55.1 Å². The zero-order valence-corrected chi connectivity index (χ0v) is 20.2. The van der Waals surface area contributed by atoms with E-state index in [1.807, 2.05) is 43.3 Å². The zero-order chi connectivity index (χ0) is 23.4. The number of anilines is 1. The van der Waals surface area contributed by atoms with Crippen LogP contribution in [0.4, 0.5) is 5.69 Å². The van der Waals surface area contributed by atoms with Crippen molar-refractivity contribution >= 4 is 23.4 Å². The van der Waals surface area contributed by atoms with Crippen LogP contribution >= 0.6 is 11.8 Å². The highest BCUT2D eigenvalue weighted by Crippen LogP contribution is 2.28. The van der Waals surface area contributed by atoms with Crippen LogP contribution in [0.2, 0.25) is 0 Å². The van der Waals surface area contributed by atoms with Crippen LogP contribution in [-0.2, 0) is 5.75 Å².